The van der Waals surface area contributed by atoms with Crippen LogP contribution in [0.3, 0.4) is 0 Å². The number of fused-ring (bicyclic) bond motifs is 1. The minimum Gasteiger partial charge on any atom is -0.465 e. The second kappa shape index (κ2) is 5.35. The van der Waals surface area contributed by atoms with Crippen LogP contribution in [0.25, 0.3) is 0 Å². The number of carbonyl (C=O) groups is 1. The number of nitrogens with zero attached hydrogens (tertiary/aromatic N) is 3. The molecule has 1 aliphatic heterocycles. The zero-order valence-corrected chi connectivity index (χ0v) is 11.6. The summed E-state index contributed by atoms with van der Waals surface area (Å²) >= 11 is 0. The first-order chi connectivity index (χ1) is 10.2. The molecule has 7 heteroatoms. The SMILES string of the molecule is C=C1Nc2ncnn2C(c2cccc[nH+]2)C1C(=O)OCC. The number of rotatable bonds is 3. The number of aromatic amines is 1. The van der Waals surface area contributed by atoms with E-state index in [-0.39, 0.29) is 12.0 Å². The maximum atomic E-state index is 12.3. The first kappa shape index (κ1) is 13.3. The van der Waals surface area contributed by atoms with Crippen molar-refractivity contribution in [2.75, 3.05) is 11.9 Å². The molecule has 0 spiro atoms. The van der Waals surface area contributed by atoms with Crippen molar-refractivity contribution in [1.82, 2.24) is 14.8 Å². The molecule has 2 aromatic heterocycles. The summed E-state index contributed by atoms with van der Waals surface area (Å²) in [5.74, 6) is -0.348. The van der Waals surface area contributed by atoms with Gasteiger partial charge < -0.3 is 10.1 Å². The van der Waals surface area contributed by atoms with Gasteiger partial charge in [0, 0.05) is 17.8 Å². The Morgan fingerprint density at radius 3 is 3.14 bits per heavy atom. The smallest absolute Gasteiger partial charge is 0.317 e. The molecule has 2 unspecified atom stereocenters. The van der Waals surface area contributed by atoms with Crippen LogP contribution in [-0.4, -0.2) is 27.3 Å². The fourth-order valence-corrected chi connectivity index (χ4v) is 2.50. The van der Waals surface area contributed by atoms with Gasteiger partial charge in [-0.2, -0.15) is 10.1 Å². The van der Waals surface area contributed by atoms with Crippen molar-refractivity contribution in [3.8, 4) is 0 Å². The van der Waals surface area contributed by atoms with E-state index in [4.69, 9.17) is 4.74 Å². The van der Waals surface area contributed by atoms with Gasteiger partial charge >= 0.3 is 5.97 Å². The molecule has 7 nitrogen and oxygen atoms in total. The Morgan fingerprint density at radius 1 is 1.57 bits per heavy atom. The van der Waals surface area contributed by atoms with Gasteiger partial charge in [-0.25, -0.2) is 9.67 Å². The van der Waals surface area contributed by atoms with E-state index in [1.165, 1.54) is 6.33 Å². The maximum Gasteiger partial charge on any atom is 0.317 e. The molecule has 1 aliphatic rings. The molecule has 0 aromatic carbocycles. The molecule has 0 amide bonds. The lowest BCUT2D eigenvalue weighted by molar-refractivity contribution is -0.395. The average molecular weight is 286 g/mol. The van der Waals surface area contributed by atoms with Crippen LogP contribution < -0.4 is 10.3 Å². The zero-order chi connectivity index (χ0) is 14.8. The van der Waals surface area contributed by atoms with E-state index in [0.717, 1.165) is 5.69 Å². The highest BCUT2D eigenvalue weighted by molar-refractivity contribution is 5.78. The number of anilines is 1. The fourth-order valence-electron chi connectivity index (χ4n) is 2.50. The topological polar surface area (TPSA) is 83.2 Å². The van der Waals surface area contributed by atoms with Crippen molar-refractivity contribution >= 4 is 11.9 Å². The van der Waals surface area contributed by atoms with E-state index < -0.39 is 5.92 Å². The monoisotopic (exact) mass is 286 g/mol. The molecule has 0 fully saturated rings. The normalized spacial score (nSPS) is 20.5. The number of pyridine rings is 1. The molecule has 2 atom stereocenters. The number of H-pyrrole nitrogens is 1. The quantitative estimate of drug-likeness (QED) is 0.844. The molecule has 0 aliphatic carbocycles. The number of ether oxygens (including phenoxy) is 1. The summed E-state index contributed by atoms with van der Waals surface area (Å²) in [5, 5.41) is 7.23. The number of hydrogen-bond acceptors (Lipinski definition) is 5. The van der Waals surface area contributed by atoms with Crippen LogP contribution in [-0.2, 0) is 9.53 Å². The summed E-state index contributed by atoms with van der Waals surface area (Å²) in [4.78, 5) is 19.6. The standard InChI is InChI=1S/C14H15N5O2/c1-3-21-13(20)11-9(2)18-14-16-8-17-19(14)12(11)10-6-4-5-7-15-10/h4-8,11-12H,2-3H2,1H3,(H,16,17,18)/p+1. The summed E-state index contributed by atoms with van der Waals surface area (Å²) < 4.78 is 6.85. The van der Waals surface area contributed by atoms with Gasteiger partial charge in [-0.15, -0.1) is 0 Å². The first-order valence-corrected chi connectivity index (χ1v) is 6.71. The summed E-state index contributed by atoms with van der Waals surface area (Å²) in [6.45, 7) is 6.04. The van der Waals surface area contributed by atoms with Crippen LogP contribution in [0, 0.1) is 5.92 Å². The van der Waals surface area contributed by atoms with Gasteiger partial charge in [0.2, 0.25) is 11.6 Å². The summed E-state index contributed by atoms with van der Waals surface area (Å²) in [6.07, 6.45) is 3.25. The highest BCUT2D eigenvalue weighted by Crippen LogP contribution is 2.35. The Hall–Kier alpha value is -2.70. The van der Waals surface area contributed by atoms with Crippen LogP contribution in [0.1, 0.15) is 18.7 Å². The third kappa shape index (κ3) is 2.26. The van der Waals surface area contributed by atoms with E-state index in [2.05, 4.69) is 27.0 Å². The van der Waals surface area contributed by atoms with E-state index in [0.29, 0.717) is 18.3 Å². The largest absolute Gasteiger partial charge is 0.465 e. The molecule has 21 heavy (non-hydrogen) atoms. The Bertz CT molecular complexity index is 667. The molecule has 3 rings (SSSR count). The van der Waals surface area contributed by atoms with Crippen LogP contribution >= 0.6 is 0 Å². The second-order valence-corrected chi connectivity index (χ2v) is 4.67. The van der Waals surface area contributed by atoms with Crippen LogP contribution in [0.15, 0.2) is 43.0 Å². The summed E-state index contributed by atoms with van der Waals surface area (Å²) in [7, 11) is 0. The Kier molecular flexibility index (Phi) is 3.39. The lowest BCUT2D eigenvalue weighted by atomic mass is 9.92. The zero-order valence-electron chi connectivity index (χ0n) is 11.6. The first-order valence-electron chi connectivity index (χ1n) is 6.71. The Labute approximate surface area is 121 Å². The lowest BCUT2D eigenvalue weighted by Gasteiger charge is -2.30. The van der Waals surface area contributed by atoms with E-state index in [1.807, 2.05) is 18.2 Å². The molecule has 0 saturated heterocycles. The predicted octanol–water partition coefficient (Wildman–Crippen LogP) is 0.800. The number of hydrogen-bond donors (Lipinski definition) is 1. The fraction of sp³-hybridized carbons (Fsp3) is 0.286. The van der Waals surface area contributed by atoms with Crippen molar-refractivity contribution in [2.24, 2.45) is 5.92 Å². The van der Waals surface area contributed by atoms with Gasteiger partial charge in [-0.05, 0) is 6.92 Å². The van der Waals surface area contributed by atoms with Crippen molar-refractivity contribution in [3.05, 3.63) is 48.7 Å². The lowest BCUT2D eigenvalue weighted by Crippen LogP contribution is -2.40. The van der Waals surface area contributed by atoms with Crippen LogP contribution in [0.5, 0.6) is 0 Å². The van der Waals surface area contributed by atoms with Crippen LogP contribution in [0.2, 0.25) is 0 Å². The van der Waals surface area contributed by atoms with Crippen molar-refractivity contribution < 1.29 is 14.5 Å². The average Bonchev–Trinajstić information content (AvgIpc) is 2.94. The van der Waals surface area contributed by atoms with Gasteiger partial charge in [0.25, 0.3) is 0 Å². The van der Waals surface area contributed by atoms with Crippen molar-refractivity contribution in [3.63, 3.8) is 0 Å². The molecule has 108 valence electrons. The minimum atomic E-state index is -0.571. The third-order valence-corrected chi connectivity index (χ3v) is 3.39. The summed E-state index contributed by atoms with van der Waals surface area (Å²) in [6, 6.07) is 5.31. The molecule has 0 bridgehead atoms. The van der Waals surface area contributed by atoms with E-state index >= 15 is 0 Å². The molecule has 2 aromatic rings. The summed E-state index contributed by atoms with van der Waals surface area (Å²) in [5.41, 5.74) is 1.39. The van der Waals surface area contributed by atoms with Gasteiger partial charge in [0.05, 0.1) is 6.61 Å². The highest BCUT2D eigenvalue weighted by Gasteiger charge is 2.43. The second-order valence-electron chi connectivity index (χ2n) is 4.67. The van der Waals surface area contributed by atoms with E-state index in [1.54, 1.807) is 17.8 Å². The number of nitrogens with one attached hydrogen (secondary N) is 2. The molecule has 2 N–H and O–H groups in total. The number of carbonyl (C=O) groups excluding carboxylic acids is 1. The maximum absolute atomic E-state index is 12.3. The minimum absolute atomic E-state index is 0.318. The highest BCUT2D eigenvalue weighted by atomic mass is 16.5. The van der Waals surface area contributed by atoms with E-state index in [9.17, 15) is 4.79 Å². The molecule has 0 saturated carbocycles. The van der Waals surface area contributed by atoms with Crippen molar-refractivity contribution in [1.29, 1.82) is 0 Å². The van der Waals surface area contributed by atoms with Gasteiger partial charge in [0.1, 0.15) is 12.2 Å². The number of aromatic nitrogens is 4. The molecular weight excluding hydrogens is 270 g/mol. The predicted molar refractivity (Wildman–Crippen MR) is 74.0 cm³/mol. The molecular formula is C14H16N5O2+. The van der Waals surface area contributed by atoms with Crippen LogP contribution in [0.4, 0.5) is 5.95 Å². The molecule has 0 radical (unpaired) electrons. The number of esters is 1. The third-order valence-electron chi connectivity index (χ3n) is 3.39. The molecule has 3 heterocycles. The van der Waals surface area contributed by atoms with Gasteiger partial charge in [-0.1, -0.05) is 12.6 Å². The van der Waals surface area contributed by atoms with Crippen molar-refractivity contribution in [2.45, 2.75) is 13.0 Å². The Morgan fingerprint density at radius 2 is 2.43 bits per heavy atom. The Balaban J connectivity index is 2.09. The van der Waals surface area contributed by atoms with Gasteiger partial charge in [-0.3, -0.25) is 4.79 Å². The van der Waals surface area contributed by atoms with Gasteiger partial charge in [0.15, 0.2) is 12.2 Å².